The number of hydrogen-bond acceptors (Lipinski definition) is 5. The van der Waals surface area contributed by atoms with Crippen LogP contribution < -0.4 is 0 Å². The average Bonchev–Trinajstić information content (AvgIpc) is 2.56. The number of halogens is 4. The molecule has 6 nitrogen and oxygen atoms in total. The molecule has 1 rings (SSSR count). The first-order chi connectivity index (χ1) is 12.7. The van der Waals surface area contributed by atoms with Crippen molar-refractivity contribution < 1.29 is 44.8 Å². The Hall–Kier alpha value is -1.20. The number of carbonyl (C=O) groups excluding carboxylic acids is 1. The summed E-state index contributed by atoms with van der Waals surface area (Å²) in [7, 11) is -6.22. The van der Waals surface area contributed by atoms with Gasteiger partial charge >= 0.3 is 27.3 Å². The molecule has 0 amide bonds. The van der Waals surface area contributed by atoms with Crippen molar-refractivity contribution in [3.63, 3.8) is 0 Å². The van der Waals surface area contributed by atoms with Gasteiger partial charge in [-0.1, -0.05) is 13.0 Å². The van der Waals surface area contributed by atoms with Crippen molar-refractivity contribution in [3.8, 4) is 0 Å². The summed E-state index contributed by atoms with van der Waals surface area (Å²) in [6.45, 7) is 5.07. The van der Waals surface area contributed by atoms with Gasteiger partial charge in [-0.15, -0.1) is 0 Å². The lowest BCUT2D eigenvalue weighted by atomic mass is 9.86. The van der Waals surface area contributed by atoms with Gasteiger partial charge < -0.3 is 9.47 Å². The Morgan fingerprint density at radius 2 is 1.71 bits per heavy atom. The summed E-state index contributed by atoms with van der Waals surface area (Å²) in [5.41, 5.74) is -0.489. The van der Waals surface area contributed by atoms with Gasteiger partial charge in [-0.05, 0) is 45.4 Å². The van der Waals surface area contributed by atoms with Crippen molar-refractivity contribution in [3.05, 3.63) is 12.2 Å². The number of rotatable bonds is 11. The first-order valence-electron chi connectivity index (χ1n) is 8.93. The van der Waals surface area contributed by atoms with Crippen molar-refractivity contribution in [1.82, 2.24) is 0 Å². The van der Waals surface area contributed by atoms with Crippen molar-refractivity contribution in [2.45, 2.75) is 75.1 Å². The smallest absolute Gasteiger partial charge is 0.431 e. The number of carbonyl (C=O) groups is 1. The molecule has 0 aliphatic heterocycles. The van der Waals surface area contributed by atoms with Gasteiger partial charge in [-0.3, -0.25) is 4.55 Å². The highest BCUT2D eigenvalue weighted by Gasteiger charge is 2.64. The molecule has 0 bridgehead atoms. The monoisotopic (exact) mass is 434 g/mol. The Morgan fingerprint density at radius 3 is 2.25 bits per heavy atom. The Balaban J connectivity index is 2.30. The second-order valence-corrected chi connectivity index (χ2v) is 8.67. The number of unbranched alkanes of at least 4 members (excludes halogenated alkanes) is 1. The standard InChI is InChI=1S/C17H26F4O6S/c1-13(14(22)27-15(2)8-4-3-5-9-15)12-26-11-7-6-10-16(18,19)17(20,21)28(23,24)25/h1,3-12H2,2H3,(H,23,24,25). The summed E-state index contributed by atoms with van der Waals surface area (Å²) < 4.78 is 92.2. The third-order valence-corrected chi connectivity index (χ3v) is 5.54. The topological polar surface area (TPSA) is 89.9 Å². The fourth-order valence-electron chi connectivity index (χ4n) is 2.84. The van der Waals surface area contributed by atoms with Crippen LogP contribution in [0.2, 0.25) is 0 Å². The maximum Gasteiger partial charge on any atom is 0.431 e. The van der Waals surface area contributed by atoms with E-state index in [0.717, 1.165) is 32.1 Å². The highest BCUT2D eigenvalue weighted by molar-refractivity contribution is 7.87. The van der Waals surface area contributed by atoms with Crippen LogP contribution in [0.5, 0.6) is 0 Å². The summed E-state index contributed by atoms with van der Waals surface area (Å²) in [4.78, 5) is 12.0. The van der Waals surface area contributed by atoms with Crippen LogP contribution in [0.1, 0.15) is 58.3 Å². The summed E-state index contributed by atoms with van der Waals surface area (Å²) >= 11 is 0. The highest BCUT2D eigenvalue weighted by atomic mass is 32.2. The SMILES string of the molecule is C=C(COCCCCC(F)(F)C(F)(F)S(=O)(=O)O)C(=O)OC1(C)CCCCC1. The Morgan fingerprint density at radius 1 is 1.14 bits per heavy atom. The Bertz CT molecular complexity index is 657. The van der Waals surface area contributed by atoms with Gasteiger partial charge in [0.05, 0.1) is 12.2 Å². The Kier molecular flexibility index (Phi) is 8.46. The predicted octanol–water partition coefficient (Wildman–Crippen LogP) is 4.11. The van der Waals surface area contributed by atoms with Crippen LogP contribution in [-0.2, 0) is 24.4 Å². The van der Waals surface area contributed by atoms with Crippen molar-refractivity contribution in [1.29, 1.82) is 0 Å². The van der Waals surface area contributed by atoms with Gasteiger partial charge in [-0.25, -0.2) is 4.79 Å². The van der Waals surface area contributed by atoms with E-state index in [2.05, 4.69) is 6.58 Å². The molecule has 0 unspecified atom stereocenters. The molecular formula is C17H26F4O6S. The maximum atomic E-state index is 13.3. The molecule has 0 atom stereocenters. The minimum Gasteiger partial charge on any atom is -0.456 e. The lowest BCUT2D eigenvalue weighted by Crippen LogP contribution is -2.46. The van der Waals surface area contributed by atoms with E-state index in [-0.39, 0.29) is 25.2 Å². The molecule has 164 valence electrons. The molecule has 1 fully saturated rings. The third-order valence-electron chi connectivity index (χ3n) is 4.59. The van der Waals surface area contributed by atoms with E-state index >= 15 is 0 Å². The normalized spacial score (nSPS) is 17.9. The van der Waals surface area contributed by atoms with Gasteiger partial charge in [0.1, 0.15) is 5.60 Å². The molecule has 0 spiro atoms. The van der Waals surface area contributed by atoms with E-state index in [0.29, 0.717) is 0 Å². The molecule has 0 aromatic carbocycles. The van der Waals surface area contributed by atoms with E-state index in [9.17, 15) is 30.8 Å². The molecule has 28 heavy (non-hydrogen) atoms. The summed E-state index contributed by atoms with van der Waals surface area (Å²) in [6, 6.07) is 0. The first-order valence-corrected chi connectivity index (χ1v) is 10.4. The number of alkyl halides is 4. The molecule has 0 heterocycles. The molecular weight excluding hydrogens is 408 g/mol. The lowest BCUT2D eigenvalue weighted by molar-refractivity contribution is -0.165. The molecule has 0 aromatic rings. The second-order valence-electron chi connectivity index (χ2n) is 7.21. The minimum atomic E-state index is -6.22. The van der Waals surface area contributed by atoms with Crippen LogP contribution >= 0.6 is 0 Å². The van der Waals surface area contributed by atoms with Gasteiger partial charge in [-0.2, -0.15) is 26.0 Å². The Labute approximate surface area is 162 Å². The van der Waals surface area contributed by atoms with E-state index in [1.807, 2.05) is 6.92 Å². The molecule has 11 heteroatoms. The van der Waals surface area contributed by atoms with Crippen LogP contribution in [-0.4, -0.2) is 48.9 Å². The summed E-state index contributed by atoms with van der Waals surface area (Å²) in [6.07, 6.45) is 2.52. The first kappa shape index (κ1) is 24.8. The van der Waals surface area contributed by atoms with E-state index in [1.54, 1.807) is 0 Å². The van der Waals surface area contributed by atoms with Crippen molar-refractivity contribution in [2.24, 2.45) is 0 Å². The number of hydrogen-bond donors (Lipinski definition) is 1. The second kappa shape index (κ2) is 9.53. The zero-order valence-corrected chi connectivity index (χ0v) is 16.5. The van der Waals surface area contributed by atoms with Gasteiger partial charge in [0.15, 0.2) is 0 Å². The van der Waals surface area contributed by atoms with E-state index < -0.39 is 45.7 Å². The maximum absolute atomic E-state index is 13.3. The van der Waals surface area contributed by atoms with Crippen molar-refractivity contribution in [2.75, 3.05) is 13.2 Å². The molecule has 0 radical (unpaired) electrons. The van der Waals surface area contributed by atoms with Crippen LogP contribution in [0, 0.1) is 0 Å². The van der Waals surface area contributed by atoms with Crippen LogP contribution in [0.4, 0.5) is 17.6 Å². The number of esters is 1. The molecule has 1 N–H and O–H groups in total. The largest absolute Gasteiger partial charge is 0.456 e. The summed E-state index contributed by atoms with van der Waals surface area (Å²) in [5.74, 6) is -5.52. The van der Waals surface area contributed by atoms with Crippen LogP contribution in [0.3, 0.4) is 0 Å². The molecule has 1 aliphatic rings. The van der Waals surface area contributed by atoms with Gasteiger partial charge in [0.25, 0.3) is 0 Å². The average molecular weight is 434 g/mol. The highest BCUT2D eigenvalue weighted by Crippen LogP contribution is 2.41. The summed E-state index contributed by atoms with van der Waals surface area (Å²) in [5, 5.41) is -5.56. The van der Waals surface area contributed by atoms with Crippen LogP contribution in [0.15, 0.2) is 12.2 Å². The zero-order chi connectivity index (χ0) is 21.6. The number of ether oxygens (including phenoxy) is 2. The molecule has 0 saturated heterocycles. The van der Waals surface area contributed by atoms with Crippen LogP contribution in [0.25, 0.3) is 0 Å². The third kappa shape index (κ3) is 6.70. The van der Waals surface area contributed by atoms with Gasteiger partial charge in [0, 0.05) is 13.0 Å². The quantitative estimate of drug-likeness (QED) is 0.173. The molecule has 1 aliphatic carbocycles. The fraction of sp³-hybridized carbons (Fsp3) is 0.824. The van der Waals surface area contributed by atoms with E-state index in [4.69, 9.17) is 14.0 Å². The van der Waals surface area contributed by atoms with Crippen molar-refractivity contribution >= 4 is 16.1 Å². The minimum absolute atomic E-state index is 0.0510. The van der Waals surface area contributed by atoms with Gasteiger partial charge in [0.2, 0.25) is 0 Å². The molecule has 0 aromatic heterocycles. The molecule has 1 saturated carbocycles. The lowest BCUT2D eigenvalue weighted by Gasteiger charge is -2.33. The predicted molar refractivity (Wildman–Crippen MR) is 92.8 cm³/mol. The zero-order valence-electron chi connectivity index (χ0n) is 15.7. The fourth-order valence-corrected chi connectivity index (χ4v) is 3.32. The van der Waals surface area contributed by atoms with E-state index in [1.165, 1.54) is 0 Å².